The van der Waals surface area contributed by atoms with Crippen molar-refractivity contribution in [3.63, 3.8) is 0 Å². The van der Waals surface area contributed by atoms with E-state index in [1.54, 1.807) is 0 Å². The molecule has 0 aliphatic heterocycles. The molecule has 0 aromatic rings. The van der Waals surface area contributed by atoms with Crippen LogP contribution < -0.4 is 5.73 Å². The molecule has 0 amide bonds. The molecule has 0 aromatic heterocycles. The number of allylic oxidation sites excluding steroid dienone is 2. The summed E-state index contributed by atoms with van der Waals surface area (Å²) in [4.78, 5) is 3.67. The third kappa shape index (κ3) is 3.67. The van der Waals surface area contributed by atoms with Crippen LogP contribution in [0.3, 0.4) is 0 Å². The molecule has 0 saturated carbocycles. The van der Waals surface area contributed by atoms with E-state index in [-0.39, 0.29) is 0 Å². The van der Waals surface area contributed by atoms with Gasteiger partial charge in [0.25, 0.3) is 0 Å². The van der Waals surface area contributed by atoms with Crippen LogP contribution in [0, 0.1) is 0 Å². The van der Waals surface area contributed by atoms with E-state index in [2.05, 4.69) is 18.3 Å². The minimum atomic E-state index is 0.427. The van der Waals surface area contributed by atoms with E-state index < -0.39 is 0 Å². The Bertz CT molecular complexity index is 145. The second-order valence-corrected chi connectivity index (χ2v) is 1.84. The molecule has 0 aromatic carbocycles. The molecule has 0 aliphatic rings. The van der Waals surface area contributed by atoms with Gasteiger partial charge < -0.3 is 5.73 Å². The van der Waals surface area contributed by atoms with Gasteiger partial charge >= 0.3 is 0 Å². The molecule has 9 heavy (non-hydrogen) atoms. The van der Waals surface area contributed by atoms with E-state index in [1.807, 2.05) is 13.0 Å². The van der Waals surface area contributed by atoms with Crippen molar-refractivity contribution in [2.24, 2.45) is 10.7 Å². The van der Waals surface area contributed by atoms with Gasteiger partial charge in [0.15, 0.2) is 0 Å². The highest BCUT2D eigenvalue weighted by Gasteiger charge is 1.85. The van der Waals surface area contributed by atoms with Gasteiger partial charge in [0, 0.05) is 6.54 Å². The van der Waals surface area contributed by atoms with Crippen LogP contribution in [0.25, 0.3) is 0 Å². The smallest absolute Gasteiger partial charge is 0.0534 e. The Hall–Kier alpha value is -0.890. The van der Waals surface area contributed by atoms with Crippen molar-refractivity contribution in [1.82, 2.24) is 0 Å². The standard InChI is InChI=1S/C7H12N2/c1-6(2)4-7(5-8)9-3/h4H,1,3,5,8H2,2H3/b7-4-. The summed E-state index contributed by atoms with van der Waals surface area (Å²) in [6.45, 7) is 9.33. The zero-order chi connectivity index (χ0) is 7.28. The number of hydrogen-bond acceptors (Lipinski definition) is 2. The zero-order valence-corrected chi connectivity index (χ0v) is 5.72. The molecule has 2 nitrogen and oxygen atoms in total. The number of nitrogens with two attached hydrogens (primary N) is 1. The number of hydrogen-bond donors (Lipinski definition) is 1. The zero-order valence-electron chi connectivity index (χ0n) is 5.72. The van der Waals surface area contributed by atoms with Crippen molar-refractivity contribution in [2.75, 3.05) is 6.54 Å². The summed E-state index contributed by atoms with van der Waals surface area (Å²) < 4.78 is 0. The van der Waals surface area contributed by atoms with Crippen LogP contribution in [0.4, 0.5) is 0 Å². The highest BCUT2D eigenvalue weighted by atomic mass is 14.7. The summed E-state index contributed by atoms with van der Waals surface area (Å²) in [5.41, 5.74) is 7.02. The summed E-state index contributed by atoms with van der Waals surface area (Å²) in [7, 11) is 0. The third-order valence-electron chi connectivity index (χ3n) is 0.825. The van der Waals surface area contributed by atoms with Crippen molar-refractivity contribution in [1.29, 1.82) is 0 Å². The maximum Gasteiger partial charge on any atom is 0.0534 e. The molecule has 0 spiro atoms. The Balaban J connectivity index is 4.07. The first-order valence-electron chi connectivity index (χ1n) is 2.73. The second kappa shape index (κ2) is 4.04. The lowest BCUT2D eigenvalue weighted by atomic mass is 10.3. The maximum atomic E-state index is 5.29. The first-order valence-corrected chi connectivity index (χ1v) is 2.73. The van der Waals surface area contributed by atoms with Crippen LogP contribution >= 0.6 is 0 Å². The molecule has 0 aliphatic carbocycles. The molecule has 0 heterocycles. The van der Waals surface area contributed by atoms with Crippen LogP contribution in [0.1, 0.15) is 6.92 Å². The molecular weight excluding hydrogens is 112 g/mol. The fourth-order valence-corrected chi connectivity index (χ4v) is 0.454. The quantitative estimate of drug-likeness (QED) is 0.444. The van der Waals surface area contributed by atoms with E-state index in [4.69, 9.17) is 5.73 Å². The Kier molecular flexibility index (Phi) is 3.64. The fourth-order valence-electron chi connectivity index (χ4n) is 0.454. The molecule has 2 N–H and O–H groups in total. The highest BCUT2D eigenvalue weighted by Crippen LogP contribution is 1.97. The first-order chi connectivity index (χ1) is 4.20. The molecular formula is C7H12N2. The van der Waals surface area contributed by atoms with E-state index in [9.17, 15) is 0 Å². The second-order valence-electron chi connectivity index (χ2n) is 1.84. The Morgan fingerprint density at radius 3 is 2.44 bits per heavy atom. The van der Waals surface area contributed by atoms with E-state index >= 15 is 0 Å². The Morgan fingerprint density at radius 1 is 1.78 bits per heavy atom. The van der Waals surface area contributed by atoms with Crippen LogP contribution in [0.15, 0.2) is 28.9 Å². The van der Waals surface area contributed by atoms with E-state index in [0.29, 0.717) is 6.54 Å². The molecule has 50 valence electrons. The maximum absolute atomic E-state index is 5.29. The van der Waals surface area contributed by atoms with Crippen molar-refractivity contribution < 1.29 is 0 Å². The number of rotatable bonds is 3. The van der Waals surface area contributed by atoms with Gasteiger partial charge in [-0.05, 0) is 19.7 Å². The van der Waals surface area contributed by atoms with Gasteiger partial charge in [-0.15, -0.1) is 0 Å². The molecule has 0 unspecified atom stereocenters. The summed E-state index contributed by atoms with van der Waals surface area (Å²) >= 11 is 0. The van der Waals surface area contributed by atoms with Crippen molar-refractivity contribution >= 4 is 6.72 Å². The largest absolute Gasteiger partial charge is 0.325 e. The monoisotopic (exact) mass is 124 g/mol. The van der Waals surface area contributed by atoms with Gasteiger partial charge in [0.05, 0.1) is 5.70 Å². The summed E-state index contributed by atoms with van der Waals surface area (Å²) in [5.74, 6) is 0. The van der Waals surface area contributed by atoms with Crippen molar-refractivity contribution in [2.45, 2.75) is 6.92 Å². The molecule has 0 bridgehead atoms. The van der Waals surface area contributed by atoms with Gasteiger partial charge in [-0.2, -0.15) is 0 Å². The first kappa shape index (κ1) is 8.11. The molecule has 0 atom stereocenters. The van der Waals surface area contributed by atoms with Gasteiger partial charge in [-0.25, -0.2) is 0 Å². The summed E-state index contributed by atoms with van der Waals surface area (Å²) in [6.07, 6.45) is 1.81. The van der Waals surface area contributed by atoms with Crippen LogP contribution in [-0.4, -0.2) is 13.3 Å². The number of aliphatic imine (C=N–C) groups is 1. The summed E-state index contributed by atoms with van der Waals surface area (Å²) in [6, 6.07) is 0. The van der Waals surface area contributed by atoms with Gasteiger partial charge in [0.2, 0.25) is 0 Å². The lowest BCUT2D eigenvalue weighted by molar-refractivity contribution is 1.11. The highest BCUT2D eigenvalue weighted by molar-refractivity contribution is 5.31. The van der Waals surface area contributed by atoms with Crippen molar-refractivity contribution in [3.05, 3.63) is 23.9 Å². The predicted octanol–water partition coefficient (Wildman–Crippen LogP) is 1.11. The normalized spacial score (nSPS) is 11.1. The van der Waals surface area contributed by atoms with E-state index in [0.717, 1.165) is 11.3 Å². The van der Waals surface area contributed by atoms with Crippen LogP contribution in [0.2, 0.25) is 0 Å². The predicted molar refractivity (Wildman–Crippen MR) is 41.5 cm³/mol. The molecule has 0 saturated heterocycles. The minimum absolute atomic E-state index is 0.427. The van der Waals surface area contributed by atoms with Gasteiger partial charge in [-0.3, -0.25) is 4.99 Å². The molecule has 0 rings (SSSR count). The Labute approximate surface area is 55.8 Å². The lowest BCUT2D eigenvalue weighted by Crippen LogP contribution is -2.00. The van der Waals surface area contributed by atoms with Gasteiger partial charge in [-0.1, -0.05) is 12.2 Å². The van der Waals surface area contributed by atoms with Crippen molar-refractivity contribution in [3.8, 4) is 0 Å². The Morgan fingerprint density at radius 2 is 2.33 bits per heavy atom. The molecule has 0 radical (unpaired) electrons. The SMILES string of the molecule is C=N/C(=C\C(=C)C)CN. The lowest BCUT2D eigenvalue weighted by Gasteiger charge is -1.93. The topological polar surface area (TPSA) is 38.4 Å². The minimum Gasteiger partial charge on any atom is -0.325 e. The molecule has 0 fully saturated rings. The van der Waals surface area contributed by atoms with E-state index in [1.165, 1.54) is 0 Å². The van der Waals surface area contributed by atoms with Gasteiger partial charge in [0.1, 0.15) is 0 Å². The molecule has 2 heteroatoms. The average molecular weight is 124 g/mol. The van der Waals surface area contributed by atoms with Crippen LogP contribution in [0.5, 0.6) is 0 Å². The summed E-state index contributed by atoms with van der Waals surface area (Å²) in [5, 5.41) is 0. The van der Waals surface area contributed by atoms with Crippen LogP contribution in [-0.2, 0) is 0 Å². The number of nitrogens with zero attached hydrogens (tertiary/aromatic N) is 1. The fraction of sp³-hybridized carbons (Fsp3) is 0.286. The average Bonchev–Trinajstić information content (AvgIpc) is 1.82. The third-order valence-corrected chi connectivity index (χ3v) is 0.825.